The molecule has 10 nitrogen and oxygen atoms in total. The number of sulfonamides is 1. The second-order valence-corrected chi connectivity index (χ2v) is 12.4. The van der Waals surface area contributed by atoms with Crippen LogP contribution in [0.2, 0.25) is 0 Å². The molecule has 0 saturated carbocycles. The van der Waals surface area contributed by atoms with Crippen molar-refractivity contribution in [2.75, 3.05) is 20.2 Å². The van der Waals surface area contributed by atoms with Gasteiger partial charge in [0.25, 0.3) is 5.56 Å². The fourth-order valence-corrected chi connectivity index (χ4v) is 7.20. The van der Waals surface area contributed by atoms with Crippen LogP contribution in [-0.4, -0.2) is 65.2 Å². The van der Waals surface area contributed by atoms with Gasteiger partial charge in [0.2, 0.25) is 10.0 Å². The first-order chi connectivity index (χ1) is 18.2. The molecule has 0 radical (unpaired) electrons. The highest BCUT2D eigenvalue weighted by atomic mass is 32.2. The molecule has 0 amide bonds. The van der Waals surface area contributed by atoms with E-state index in [4.69, 9.17) is 4.74 Å². The van der Waals surface area contributed by atoms with Crippen LogP contribution in [0.3, 0.4) is 0 Å². The van der Waals surface area contributed by atoms with Crippen LogP contribution in [0.1, 0.15) is 63.9 Å². The Morgan fingerprint density at radius 2 is 1.92 bits per heavy atom. The number of hydrogen-bond donors (Lipinski definition) is 2. The zero-order valence-electron chi connectivity index (χ0n) is 22.7. The van der Waals surface area contributed by atoms with E-state index >= 15 is 0 Å². The van der Waals surface area contributed by atoms with Gasteiger partial charge < -0.3 is 14.6 Å². The topological polar surface area (TPSA) is 122 Å². The third kappa shape index (κ3) is 5.11. The summed E-state index contributed by atoms with van der Waals surface area (Å²) < 4.78 is 36.7. The molecule has 206 valence electrons. The Bertz CT molecular complexity index is 1470. The molecule has 4 heterocycles. The lowest BCUT2D eigenvalue weighted by molar-refractivity contribution is 0.130. The Balaban J connectivity index is 1.41. The predicted octanol–water partition coefficient (Wildman–Crippen LogP) is 3.29. The molecular formula is C27H38N6O4S. The summed E-state index contributed by atoms with van der Waals surface area (Å²) in [4.78, 5) is 22.9. The van der Waals surface area contributed by atoms with E-state index in [0.717, 1.165) is 25.7 Å². The zero-order chi connectivity index (χ0) is 27.0. The molecule has 5 rings (SSSR count). The fraction of sp³-hybridized carbons (Fsp3) is 0.593. The smallest absolute Gasteiger partial charge is 0.277 e. The lowest BCUT2D eigenvalue weighted by Gasteiger charge is -2.36. The first-order valence-corrected chi connectivity index (χ1v) is 15.2. The summed E-state index contributed by atoms with van der Waals surface area (Å²) in [5.41, 5.74) is 1.08. The number of hydrogen-bond acceptors (Lipinski definition) is 7. The summed E-state index contributed by atoms with van der Waals surface area (Å²) in [5, 5.41) is 4.66. The van der Waals surface area contributed by atoms with Gasteiger partial charge in [0.05, 0.1) is 22.8 Å². The minimum absolute atomic E-state index is 0.109. The molecule has 11 heteroatoms. The summed E-state index contributed by atoms with van der Waals surface area (Å²) in [6.45, 7) is 6.45. The first-order valence-electron chi connectivity index (χ1n) is 13.7. The second-order valence-electron chi connectivity index (χ2n) is 10.6. The van der Waals surface area contributed by atoms with Gasteiger partial charge in [-0.1, -0.05) is 6.92 Å². The van der Waals surface area contributed by atoms with Gasteiger partial charge >= 0.3 is 0 Å². The largest absolute Gasteiger partial charge is 0.493 e. The van der Waals surface area contributed by atoms with Crippen LogP contribution >= 0.6 is 0 Å². The molecule has 2 aromatic heterocycles. The van der Waals surface area contributed by atoms with E-state index in [1.807, 2.05) is 13.8 Å². The summed E-state index contributed by atoms with van der Waals surface area (Å²) in [5.74, 6) is 1.92. The van der Waals surface area contributed by atoms with Crippen LogP contribution in [0.25, 0.3) is 16.9 Å². The fourth-order valence-electron chi connectivity index (χ4n) is 6.13. The van der Waals surface area contributed by atoms with Crippen molar-refractivity contribution >= 4 is 15.5 Å². The number of imidazole rings is 1. The summed E-state index contributed by atoms with van der Waals surface area (Å²) in [7, 11) is -1.55. The summed E-state index contributed by atoms with van der Waals surface area (Å²) >= 11 is 0. The van der Waals surface area contributed by atoms with Gasteiger partial charge in [0, 0.05) is 25.0 Å². The number of aromatic amines is 1. The number of benzene rings is 1. The zero-order valence-corrected chi connectivity index (χ0v) is 23.5. The molecule has 1 aromatic carbocycles. The van der Waals surface area contributed by atoms with Gasteiger partial charge in [-0.15, -0.1) is 5.10 Å². The minimum atomic E-state index is -3.77. The van der Waals surface area contributed by atoms with Crippen LogP contribution in [0, 0.1) is 12.8 Å². The third-order valence-corrected chi connectivity index (χ3v) is 9.53. The molecular weight excluding hydrogens is 504 g/mol. The highest BCUT2D eigenvalue weighted by Gasteiger charge is 2.38. The van der Waals surface area contributed by atoms with Crippen molar-refractivity contribution in [3.05, 3.63) is 40.1 Å². The third-order valence-electron chi connectivity index (χ3n) is 8.07. The van der Waals surface area contributed by atoms with Crippen molar-refractivity contribution in [1.82, 2.24) is 29.2 Å². The monoisotopic (exact) mass is 542 g/mol. The van der Waals surface area contributed by atoms with Crippen molar-refractivity contribution in [1.29, 1.82) is 0 Å². The van der Waals surface area contributed by atoms with Gasteiger partial charge in [0.15, 0.2) is 11.3 Å². The Hall–Kier alpha value is -2.76. The average Bonchev–Trinajstić information content (AvgIpc) is 3.28. The Morgan fingerprint density at radius 1 is 1.18 bits per heavy atom. The van der Waals surface area contributed by atoms with Crippen LogP contribution < -0.4 is 15.0 Å². The molecule has 2 aliphatic rings. The minimum Gasteiger partial charge on any atom is -0.493 e. The van der Waals surface area contributed by atoms with Crippen LogP contribution in [0.4, 0.5) is 0 Å². The number of fused-ring (bicyclic) bond motifs is 3. The molecule has 2 saturated heterocycles. The average molecular weight is 543 g/mol. The van der Waals surface area contributed by atoms with Gasteiger partial charge in [-0.25, -0.2) is 22.6 Å². The lowest BCUT2D eigenvalue weighted by atomic mass is 9.89. The van der Waals surface area contributed by atoms with Crippen molar-refractivity contribution in [3.8, 4) is 17.1 Å². The molecule has 3 aromatic rings. The van der Waals surface area contributed by atoms with Crippen LogP contribution in [-0.2, 0) is 16.4 Å². The Morgan fingerprint density at radius 3 is 2.61 bits per heavy atom. The molecule has 2 fully saturated rings. The maximum Gasteiger partial charge on any atom is 0.277 e. The molecule has 2 N–H and O–H groups in total. The van der Waals surface area contributed by atoms with E-state index in [-0.39, 0.29) is 16.3 Å². The van der Waals surface area contributed by atoms with E-state index in [0.29, 0.717) is 65.9 Å². The van der Waals surface area contributed by atoms with Crippen molar-refractivity contribution < 1.29 is 13.2 Å². The molecule has 2 atom stereocenters. The van der Waals surface area contributed by atoms with Crippen LogP contribution in [0.15, 0.2) is 27.9 Å². The molecule has 2 bridgehead atoms. The maximum atomic E-state index is 13.3. The SMILES string of the molecule is CCCc1nc(C)c2c(=O)[nH]c(-c3cc(S(=O)(=O)NCCC4CC5CCC(C4)N5C)ccc3OCC)nn12. The van der Waals surface area contributed by atoms with Gasteiger partial charge in [0.1, 0.15) is 11.6 Å². The number of nitrogens with one attached hydrogen (secondary N) is 2. The predicted molar refractivity (Wildman–Crippen MR) is 146 cm³/mol. The number of aromatic nitrogens is 4. The van der Waals surface area contributed by atoms with Crippen molar-refractivity contribution in [2.24, 2.45) is 5.92 Å². The van der Waals surface area contributed by atoms with Gasteiger partial charge in [-0.2, -0.15) is 0 Å². The standard InChI is InChI=1S/C27H38N6O4S/c1-5-7-24-29-17(3)25-27(34)30-26(31-33(24)25)22-16-21(10-11-23(22)37-6-2)38(35,36)28-13-12-18-14-19-8-9-20(15-18)32(19)4/h10-11,16,18-20,28H,5-9,12-15H2,1-4H3,(H,30,31,34). The Kier molecular flexibility index (Phi) is 7.61. The molecule has 0 spiro atoms. The highest BCUT2D eigenvalue weighted by molar-refractivity contribution is 7.89. The summed E-state index contributed by atoms with van der Waals surface area (Å²) in [6, 6.07) is 5.95. The quantitative estimate of drug-likeness (QED) is 0.403. The van der Waals surface area contributed by atoms with Crippen LogP contribution in [0.5, 0.6) is 5.75 Å². The first kappa shape index (κ1) is 26.8. The van der Waals surface area contributed by atoms with E-state index in [9.17, 15) is 13.2 Å². The number of rotatable bonds is 10. The van der Waals surface area contributed by atoms with Crippen molar-refractivity contribution in [2.45, 2.75) is 82.7 Å². The molecule has 0 aliphatic carbocycles. The second kappa shape index (κ2) is 10.8. The lowest BCUT2D eigenvalue weighted by Crippen LogP contribution is -2.40. The van der Waals surface area contributed by atoms with Crippen molar-refractivity contribution in [3.63, 3.8) is 0 Å². The van der Waals surface area contributed by atoms with E-state index in [1.54, 1.807) is 17.5 Å². The normalized spacial score (nSPS) is 21.8. The number of piperidine rings is 1. The highest BCUT2D eigenvalue weighted by Crippen LogP contribution is 2.38. The number of ether oxygens (including phenoxy) is 1. The van der Waals surface area contributed by atoms with Gasteiger partial charge in [-0.3, -0.25) is 4.79 Å². The van der Waals surface area contributed by atoms with E-state index < -0.39 is 10.0 Å². The molecule has 38 heavy (non-hydrogen) atoms. The molecule has 2 aliphatic heterocycles. The molecule has 2 unspecified atom stereocenters. The number of H-pyrrole nitrogens is 1. The van der Waals surface area contributed by atoms with E-state index in [2.05, 4.69) is 31.7 Å². The Labute approximate surface area is 223 Å². The number of aryl methyl sites for hydroxylation is 2. The van der Waals surface area contributed by atoms with E-state index in [1.165, 1.54) is 25.0 Å². The van der Waals surface area contributed by atoms with Gasteiger partial charge in [-0.05, 0) is 83.5 Å². The number of nitrogens with zero attached hydrogens (tertiary/aromatic N) is 4. The maximum absolute atomic E-state index is 13.3. The summed E-state index contributed by atoms with van der Waals surface area (Å²) in [6.07, 6.45) is 7.12.